The van der Waals surface area contributed by atoms with Crippen LogP contribution < -0.4 is 14.2 Å². The van der Waals surface area contributed by atoms with Gasteiger partial charge < -0.3 is 19.0 Å². The van der Waals surface area contributed by atoms with Gasteiger partial charge in [-0.2, -0.15) is 0 Å². The van der Waals surface area contributed by atoms with E-state index in [-0.39, 0.29) is 5.78 Å². The summed E-state index contributed by atoms with van der Waals surface area (Å²) in [6.07, 6.45) is 3.21. The molecule has 2 aromatic carbocycles. The number of aryl methyl sites for hydroxylation is 1. The minimum atomic E-state index is 0.207. The van der Waals surface area contributed by atoms with Crippen molar-refractivity contribution in [1.82, 2.24) is 4.90 Å². The summed E-state index contributed by atoms with van der Waals surface area (Å²) in [5.74, 6) is 2.75. The second-order valence-electron chi connectivity index (χ2n) is 7.94. The SMILES string of the molecule is COc1cc2c(cc1CCC(C)=O)[C@@H]1Cc3ccc(OC)c(OC)c3CN1CC2. The number of benzene rings is 2. The van der Waals surface area contributed by atoms with Crippen LogP contribution in [0.15, 0.2) is 24.3 Å². The molecule has 154 valence electrons. The van der Waals surface area contributed by atoms with Crippen LogP contribution in [0.5, 0.6) is 17.2 Å². The molecule has 0 N–H and O–H groups in total. The highest BCUT2D eigenvalue weighted by molar-refractivity contribution is 5.75. The van der Waals surface area contributed by atoms with E-state index in [1.807, 2.05) is 6.07 Å². The number of hydrogen-bond donors (Lipinski definition) is 0. The highest BCUT2D eigenvalue weighted by Crippen LogP contribution is 2.44. The predicted octanol–water partition coefficient (Wildman–Crippen LogP) is 3.89. The minimum absolute atomic E-state index is 0.207. The molecule has 4 rings (SSSR count). The molecule has 0 spiro atoms. The van der Waals surface area contributed by atoms with E-state index in [9.17, 15) is 4.79 Å². The Morgan fingerprint density at radius 1 is 1.07 bits per heavy atom. The molecule has 0 fully saturated rings. The zero-order valence-electron chi connectivity index (χ0n) is 17.7. The summed E-state index contributed by atoms with van der Waals surface area (Å²) in [5.41, 5.74) is 6.41. The van der Waals surface area contributed by atoms with Crippen molar-refractivity contribution in [2.75, 3.05) is 27.9 Å². The molecule has 1 atom stereocenters. The van der Waals surface area contributed by atoms with Crippen LogP contribution >= 0.6 is 0 Å². The quantitative estimate of drug-likeness (QED) is 0.743. The standard InChI is InChI=1S/C24H29NO4/c1-15(26)5-6-18-11-19-17(13-23(18)28-3)9-10-25-14-20-16(12-21(19)25)7-8-22(27-2)24(20)29-4/h7-8,11,13,21H,5-6,9-10,12,14H2,1-4H3/t21-/m0/s1. The molecule has 2 aliphatic rings. The van der Waals surface area contributed by atoms with E-state index < -0.39 is 0 Å². The summed E-state index contributed by atoms with van der Waals surface area (Å²) >= 11 is 0. The first-order valence-electron chi connectivity index (χ1n) is 10.2. The lowest BCUT2D eigenvalue weighted by atomic mass is 9.82. The fourth-order valence-corrected chi connectivity index (χ4v) is 4.76. The molecule has 5 heteroatoms. The van der Waals surface area contributed by atoms with Crippen LogP contribution in [0.25, 0.3) is 0 Å². The van der Waals surface area contributed by atoms with Gasteiger partial charge in [0.2, 0.25) is 0 Å². The number of carbonyl (C=O) groups is 1. The zero-order chi connectivity index (χ0) is 20.5. The number of methoxy groups -OCH3 is 3. The van der Waals surface area contributed by atoms with Gasteiger partial charge in [0.25, 0.3) is 0 Å². The summed E-state index contributed by atoms with van der Waals surface area (Å²) < 4.78 is 16.8. The van der Waals surface area contributed by atoms with Gasteiger partial charge in [-0.25, -0.2) is 0 Å². The van der Waals surface area contributed by atoms with Crippen molar-refractivity contribution in [2.24, 2.45) is 0 Å². The molecule has 0 aromatic heterocycles. The first-order chi connectivity index (χ1) is 14.0. The van der Waals surface area contributed by atoms with Crippen LogP contribution in [0.1, 0.15) is 47.2 Å². The maximum atomic E-state index is 11.5. The maximum Gasteiger partial charge on any atom is 0.165 e. The van der Waals surface area contributed by atoms with Crippen LogP contribution in [0, 0.1) is 0 Å². The van der Waals surface area contributed by atoms with E-state index >= 15 is 0 Å². The molecule has 0 amide bonds. The van der Waals surface area contributed by atoms with E-state index in [4.69, 9.17) is 14.2 Å². The van der Waals surface area contributed by atoms with E-state index in [0.29, 0.717) is 12.5 Å². The molecule has 29 heavy (non-hydrogen) atoms. The van der Waals surface area contributed by atoms with Crippen molar-refractivity contribution < 1.29 is 19.0 Å². The van der Waals surface area contributed by atoms with Gasteiger partial charge in [-0.3, -0.25) is 4.90 Å². The first kappa shape index (κ1) is 19.8. The molecular weight excluding hydrogens is 366 g/mol. The fraction of sp³-hybridized carbons (Fsp3) is 0.458. The van der Waals surface area contributed by atoms with Crippen molar-refractivity contribution in [2.45, 2.75) is 45.2 Å². The van der Waals surface area contributed by atoms with Gasteiger partial charge in [-0.1, -0.05) is 12.1 Å². The summed E-state index contributed by atoms with van der Waals surface area (Å²) in [6, 6.07) is 8.98. The number of nitrogens with zero attached hydrogens (tertiary/aromatic N) is 1. The Bertz CT molecular complexity index is 937. The number of rotatable bonds is 6. The summed E-state index contributed by atoms with van der Waals surface area (Å²) in [4.78, 5) is 14.0. The van der Waals surface area contributed by atoms with Crippen molar-refractivity contribution >= 4 is 5.78 Å². The molecule has 0 unspecified atom stereocenters. The van der Waals surface area contributed by atoms with Gasteiger partial charge in [0, 0.05) is 31.1 Å². The number of carbonyl (C=O) groups excluding carboxylic acids is 1. The van der Waals surface area contributed by atoms with Gasteiger partial charge in [-0.05, 0) is 60.6 Å². The molecular formula is C24H29NO4. The average molecular weight is 395 g/mol. The molecule has 0 aliphatic carbocycles. The third kappa shape index (κ3) is 3.60. The Morgan fingerprint density at radius 3 is 2.55 bits per heavy atom. The van der Waals surface area contributed by atoms with Gasteiger partial charge in [0.05, 0.1) is 21.3 Å². The molecule has 2 aromatic rings. The average Bonchev–Trinajstić information content (AvgIpc) is 2.74. The second kappa shape index (κ2) is 8.07. The highest BCUT2D eigenvalue weighted by Gasteiger charge is 2.34. The zero-order valence-corrected chi connectivity index (χ0v) is 17.7. The minimum Gasteiger partial charge on any atom is -0.496 e. The smallest absolute Gasteiger partial charge is 0.165 e. The lowest BCUT2D eigenvalue weighted by molar-refractivity contribution is -0.116. The van der Waals surface area contributed by atoms with Crippen molar-refractivity contribution in [3.63, 3.8) is 0 Å². The normalized spacial score (nSPS) is 17.7. The molecule has 2 heterocycles. The summed E-state index contributed by atoms with van der Waals surface area (Å²) in [6.45, 7) is 3.51. The fourth-order valence-electron chi connectivity index (χ4n) is 4.76. The number of Topliss-reactive ketones (excluding diaryl/α,β-unsaturated/α-hetero) is 1. The first-order valence-corrected chi connectivity index (χ1v) is 10.2. The van der Waals surface area contributed by atoms with Crippen LogP contribution in [0.4, 0.5) is 0 Å². The van der Waals surface area contributed by atoms with E-state index in [2.05, 4.69) is 23.1 Å². The number of ether oxygens (including phenoxy) is 3. The van der Waals surface area contributed by atoms with Crippen LogP contribution in [-0.4, -0.2) is 38.6 Å². The molecule has 5 nitrogen and oxygen atoms in total. The van der Waals surface area contributed by atoms with Gasteiger partial charge >= 0.3 is 0 Å². The molecule has 0 bridgehead atoms. The number of ketones is 1. The van der Waals surface area contributed by atoms with Crippen molar-refractivity contribution in [3.05, 3.63) is 52.1 Å². The van der Waals surface area contributed by atoms with Gasteiger partial charge in [0.1, 0.15) is 11.5 Å². The lowest BCUT2D eigenvalue weighted by Gasteiger charge is -2.42. The Hall–Kier alpha value is -2.53. The maximum absolute atomic E-state index is 11.5. The highest BCUT2D eigenvalue weighted by atomic mass is 16.5. The Morgan fingerprint density at radius 2 is 1.86 bits per heavy atom. The summed E-state index contributed by atoms with van der Waals surface area (Å²) in [7, 11) is 5.11. The summed E-state index contributed by atoms with van der Waals surface area (Å²) in [5, 5.41) is 0. The third-order valence-corrected chi connectivity index (χ3v) is 6.28. The van der Waals surface area contributed by atoms with Crippen LogP contribution in [-0.2, 0) is 30.6 Å². The Labute approximate surface area is 172 Å². The Balaban J connectivity index is 1.72. The van der Waals surface area contributed by atoms with Crippen molar-refractivity contribution in [1.29, 1.82) is 0 Å². The van der Waals surface area contributed by atoms with Gasteiger partial charge in [-0.15, -0.1) is 0 Å². The number of fused-ring (bicyclic) bond motifs is 4. The van der Waals surface area contributed by atoms with Crippen LogP contribution in [0.2, 0.25) is 0 Å². The topological polar surface area (TPSA) is 48.0 Å². The predicted molar refractivity (Wildman–Crippen MR) is 112 cm³/mol. The van der Waals surface area contributed by atoms with Gasteiger partial charge in [0.15, 0.2) is 11.5 Å². The van der Waals surface area contributed by atoms with Crippen molar-refractivity contribution in [3.8, 4) is 17.2 Å². The number of hydrogen-bond acceptors (Lipinski definition) is 5. The lowest BCUT2D eigenvalue weighted by Crippen LogP contribution is -2.39. The van der Waals surface area contributed by atoms with E-state index in [0.717, 1.165) is 55.2 Å². The van der Waals surface area contributed by atoms with Crippen LogP contribution in [0.3, 0.4) is 0 Å². The largest absolute Gasteiger partial charge is 0.496 e. The molecule has 0 saturated heterocycles. The Kier molecular flexibility index (Phi) is 5.50. The van der Waals surface area contributed by atoms with E-state index in [1.54, 1.807) is 28.3 Å². The third-order valence-electron chi connectivity index (χ3n) is 6.28. The van der Waals surface area contributed by atoms with E-state index in [1.165, 1.54) is 22.3 Å². The molecule has 2 aliphatic heterocycles. The molecule has 0 saturated carbocycles. The monoisotopic (exact) mass is 395 g/mol. The molecule has 0 radical (unpaired) electrons. The second-order valence-corrected chi connectivity index (χ2v) is 7.94.